The van der Waals surface area contributed by atoms with E-state index < -0.39 is 0 Å². The Bertz CT molecular complexity index is 1600. The molecule has 0 saturated heterocycles. The van der Waals surface area contributed by atoms with Crippen LogP contribution in [-0.2, 0) is 11.2 Å². The Morgan fingerprint density at radius 1 is 0.756 bits per heavy atom. The van der Waals surface area contributed by atoms with Crippen LogP contribution < -0.4 is 15.0 Å². The van der Waals surface area contributed by atoms with Gasteiger partial charge in [-0.15, -0.1) is 0 Å². The normalized spacial score (nSPS) is 10.8. The van der Waals surface area contributed by atoms with Gasteiger partial charge >= 0.3 is 12.0 Å². The van der Waals surface area contributed by atoms with Crippen molar-refractivity contribution in [3.8, 4) is 5.75 Å². The van der Waals surface area contributed by atoms with Crippen LogP contribution in [0.25, 0.3) is 10.8 Å². The van der Waals surface area contributed by atoms with E-state index in [9.17, 15) is 9.59 Å². The van der Waals surface area contributed by atoms with Gasteiger partial charge in [0.25, 0.3) is 0 Å². The lowest BCUT2D eigenvalue weighted by molar-refractivity contribution is -0.134. The summed E-state index contributed by atoms with van der Waals surface area (Å²) >= 11 is 1.61. The van der Waals surface area contributed by atoms with E-state index in [2.05, 4.69) is 23.5 Å². The first-order valence-electron chi connectivity index (χ1n) is 13.8. The van der Waals surface area contributed by atoms with Gasteiger partial charge in [-0.3, -0.25) is 9.69 Å². The van der Waals surface area contributed by atoms with Crippen LogP contribution in [0.3, 0.4) is 0 Å². The molecule has 5 aromatic rings. The van der Waals surface area contributed by atoms with Crippen LogP contribution in [0.2, 0.25) is 0 Å². The minimum Gasteiger partial charge on any atom is -0.427 e. The molecule has 206 valence electrons. The van der Waals surface area contributed by atoms with Crippen molar-refractivity contribution in [2.45, 2.75) is 36.0 Å². The fourth-order valence-electron chi connectivity index (χ4n) is 4.48. The summed E-state index contributed by atoms with van der Waals surface area (Å²) in [7, 11) is 0. The van der Waals surface area contributed by atoms with Crippen LogP contribution in [0.5, 0.6) is 5.75 Å². The van der Waals surface area contributed by atoms with Gasteiger partial charge in [0.1, 0.15) is 5.75 Å². The highest BCUT2D eigenvalue weighted by molar-refractivity contribution is 7.99. The number of ether oxygens (including phenoxy) is 1. The average Bonchev–Trinajstić information content (AvgIpc) is 3.00. The molecule has 0 spiro atoms. The number of fused-ring (bicyclic) bond motifs is 1. The average molecular weight is 561 g/mol. The SMILES string of the molecule is CCCC(=O)Oc1ccc(Sc2ccc(N(CCc3ccccc3)C(=O)Nc3ccc4ccccc4c3)cc2)cc1. The standard InChI is InChI=1S/C35H32N2O3S/c1-2-8-34(38)40-31-17-21-33(22-18-31)41-32-19-15-30(16-20-32)37(24-23-26-9-4-3-5-10-26)35(39)36-29-14-13-27-11-6-7-12-28(27)25-29/h3-7,9-22,25H,2,8,23-24H2,1H3,(H,36,39). The van der Waals surface area contributed by atoms with E-state index in [1.165, 1.54) is 5.56 Å². The molecule has 5 rings (SSSR count). The minimum atomic E-state index is -0.218. The lowest BCUT2D eigenvalue weighted by Crippen LogP contribution is -2.36. The number of nitrogens with zero attached hydrogens (tertiary/aromatic N) is 1. The summed E-state index contributed by atoms with van der Waals surface area (Å²) in [5.41, 5.74) is 2.75. The Morgan fingerprint density at radius 3 is 2.12 bits per heavy atom. The van der Waals surface area contributed by atoms with Gasteiger partial charge in [0.15, 0.2) is 0 Å². The van der Waals surface area contributed by atoms with Gasteiger partial charge in [0.2, 0.25) is 0 Å². The quantitative estimate of drug-likeness (QED) is 0.137. The Morgan fingerprint density at radius 2 is 1.41 bits per heavy atom. The summed E-state index contributed by atoms with van der Waals surface area (Å²) in [6.07, 6.45) is 1.90. The van der Waals surface area contributed by atoms with Gasteiger partial charge in [-0.05, 0) is 89.8 Å². The highest BCUT2D eigenvalue weighted by Gasteiger charge is 2.17. The van der Waals surface area contributed by atoms with E-state index in [4.69, 9.17) is 4.74 Å². The molecule has 0 aliphatic rings. The number of hydrogen-bond acceptors (Lipinski definition) is 4. The zero-order valence-electron chi connectivity index (χ0n) is 23.0. The molecule has 41 heavy (non-hydrogen) atoms. The fourth-order valence-corrected chi connectivity index (χ4v) is 5.30. The number of hydrogen-bond donors (Lipinski definition) is 1. The first kappa shape index (κ1) is 28.0. The Labute approximate surface area is 245 Å². The molecule has 0 aromatic heterocycles. The lowest BCUT2D eigenvalue weighted by atomic mass is 10.1. The summed E-state index contributed by atoms with van der Waals surface area (Å²) in [6.45, 7) is 2.49. The van der Waals surface area contributed by atoms with Crippen LogP contribution in [-0.4, -0.2) is 18.5 Å². The molecule has 0 radical (unpaired) electrons. The Kier molecular flexibility index (Phi) is 9.34. The summed E-state index contributed by atoms with van der Waals surface area (Å²) in [4.78, 5) is 29.2. The second-order valence-electron chi connectivity index (χ2n) is 9.67. The first-order valence-corrected chi connectivity index (χ1v) is 14.6. The van der Waals surface area contributed by atoms with E-state index in [1.54, 1.807) is 16.7 Å². The minimum absolute atomic E-state index is 0.176. The molecular formula is C35H32N2O3S. The van der Waals surface area contributed by atoms with Crippen molar-refractivity contribution in [3.05, 3.63) is 127 Å². The fraction of sp³-hybridized carbons (Fsp3) is 0.143. The van der Waals surface area contributed by atoms with E-state index in [1.807, 2.05) is 110 Å². The topological polar surface area (TPSA) is 58.6 Å². The summed E-state index contributed by atoms with van der Waals surface area (Å²) in [6, 6.07) is 39.6. The van der Waals surface area contributed by atoms with Crippen LogP contribution >= 0.6 is 11.8 Å². The third kappa shape index (κ3) is 7.77. The van der Waals surface area contributed by atoms with Crippen LogP contribution in [0.1, 0.15) is 25.3 Å². The summed E-state index contributed by atoms with van der Waals surface area (Å²) in [5.74, 6) is 0.333. The lowest BCUT2D eigenvalue weighted by Gasteiger charge is -2.24. The highest BCUT2D eigenvalue weighted by Crippen LogP contribution is 2.31. The maximum atomic E-state index is 13.6. The van der Waals surface area contributed by atoms with Crippen LogP contribution in [0.4, 0.5) is 16.2 Å². The molecule has 0 unspecified atom stereocenters. The maximum Gasteiger partial charge on any atom is 0.326 e. The molecule has 0 aliphatic heterocycles. The van der Waals surface area contributed by atoms with Crippen molar-refractivity contribution in [1.29, 1.82) is 0 Å². The van der Waals surface area contributed by atoms with Crippen molar-refractivity contribution in [1.82, 2.24) is 0 Å². The number of esters is 1. The molecule has 6 heteroatoms. The second kappa shape index (κ2) is 13.7. The van der Waals surface area contributed by atoms with Gasteiger partial charge in [-0.2, -0.15) is 0 Å². The monoisotopic (exact) mass is 560 g/mol. The number of carbonyl (C=O) groups is 2. The molecule has 1 N–H and O–H groups in total. The van der Waals surface area contributed by atoms with E-state index >= 15 is 0 Å². The van der Waals surface area contributed by atoms with Crippen molar-refractivity contribution in [2.75, 3.05) is 16.8 Å². The largest absolute Gasteiger partial charge is 0.427 e. The Hall–Kier alpha value is -4.55. The van der Waals surface area contributed by atoms with Gasteiger partial charge < -0.3 is 10.1 Å². The number of anilines is 2. The predicted molar refractivity (Wildman–Crippen MR) is 168 cm³/mol. The number of carbonyl (C=O) groups excluding carboxylic acids is 2. The second-order valence-corrected chi connectivity index (χ2v) is 10.8. The molecule has 0 saturated carbocycles. The van der Waals surface area contributed by atoms with Crippen molar-refractivity contribution in [2.24, 2.45) is 0 Å². The number of urea groups is 1. The van der Waals surface area contributed by atoms with E-state index in [0.717, 1.165) is 44.8 Å². The molecule has 0 fully saturated rings. The predicted octanol–water partition coefficient (Wildman–Crippen LogP) is 8.98. The Balaban J connectivity index is 1.29. The molecule has 0 bridgehead atoms. The first-order chi connectivity index (χ1) is 20.1. The van der Waals surface area contributed by atoms with Gasteiger partial charge in [0, 0.05) is 34.1 Å². The van der Waals surface area contributed by atoms with E-state index in [-0.39, 0.29) is 12.0 Å². The molecule has 0 heterocycles. The van der Waals surface area contributed by atoms with Gasteiger partial charge in [-0.1, -0.05) is 79.3 Å². The van der Waals surface area contributed by atoms with Crippen molar-refractivity contribution < 1.29 is 14.3 Å². The van der Waals surface area contributed by atoms with E-state index in [0.29, 0.717) is 18.7 Å². The smallest absolute Gasteiger partial charge is 0.326 e. The molecule has 0 atom stereocenters. The van der Waals surface area contributed by atoms with Crippen molar-refractivity contribution >= 4 is 45.9 Å². The number of benzene rings is 5. The van der Waals surface area contributed by atoms with Crippen LogP contribution in [0, 0.1) is 0 Å². The third-order valence-electron chi connectivity index (χ3n) is 6.61. The van der Waals surface area contributed by atoms with Gasteiger partial charge in [-0.25, -0.2) is 4.79 Å². The number of rotatable bonds is 10. The number of amides is 2. The highest BCUT2D eigenvalue weighted by atomic mass is 32.2. The molecule has 5 nitrogen and oxygen atoms in total. The summed E-state index contributed by atoms with van der Waals surface area (Å²) < 4.78 is 5.35. The molecule has 2 amide bonds. The third-order valence-corrected chi connectivity index (χ3v) is 7.62. The number of nitrogens with one attached hydrogen (secondary N) is 1. The summed E-state index contributed by atoms with van der Waals surface area (Å²) in [5, 5.41) is 5.31. The molecular weight excluding hydrogens is 528 g/mol. The zero-order valence-corrected chi connectivity index (χ0v) is 23.8. The molecule has 5 aromatic carbocycles. The zero-order chi connectivity index (χ0) is 28.4. The van der Waals surface area contributed by atoms with Crippen LogP contribution in [0.15, 0.2) is 131 Å². The molecule has 0 aliphatic carbocycles. The van der Waals surface area contributed by atoms with Gasteiger partial charge in [0.05, 0.1) is 0 Å². The maximum absolute atomic E-state index is 13.6. The van der Waals surface area contributed by atoms with Crippen molar-refractivity contribution in [3.63, 3.8) is 0 Å².